The molecule has 0 aliphatic carbocycles. The van der Waals surface area contributed by atoms with Gasteiger partial charge >= 0.3 is 6.03 Å². The number of urea groups is 1. The Kier molecular flexibility index (Phi) is 4.92. The molecular weight excluding hydrogens is 312 g/mol. The van der Waals surface area contributed by atoms with Crippen molar-refractivity contribution in [1.82, 2.24) is 15.1 Å². The molecule has 0 aromatic carbocycles. The van der Waals surface area contributed by atoms with Crippen LogP contribution in [0.15, 0.2) is 29.6 Å². The quantitative estimate of drug-likeness (QED) is 0.899. The van der Waals surface area contributed by atoms with Gasteiger partial charge in [-0.1, -0.05) is 0 Å². The van der Waals surface area contributed by atoms with Crippen molar-refractivity contribution < 1.29 is 4.79 Å². The summed E-state index contributed by atoms with van der Waals surface area (Å²) in [5.41, 5.74) is 0. The Balaban J connectivity index is 1.52. The fourth-order valence-electron chi connectivity index (χ4n) is 2.44. The molecule has 8 heteroatoms. The van der Waals surface area contributed by atoms with Crippen molar-refractivity contribution in [3.05, 3.63) is 29.6 Å². The molecule has 0 unspecified atom stereocenters. The molecule has 0 spiro atoms. The van der Waals surface area contributed by atoms with Crippen molar-refractivity contribution >= 4 is 34.0 Å². The minimum absolute atomic E-state index is 0.0410. The molecule has 0 saturated carbocycles. The minimum Gasteiger partial charge on any atom is -0.369 e. The SMILES string of the molecule is CCNc1ccc(N2CCN(C(=O)Nc3cccs3)CC2)nn1. The summed E-state index contributed by atoms with van der Waals surface area (Å²) in [7, 11) is 0. The van der Waals surface area contributed by atoms with Crippen LogP contribution in [-0.4, -0.2) is 53.9 Å². The first-order valence-corrected chi connectivity index (χ1v) is 8.56. The number of anilines is 3. The number of hydrogen-bond acceptors (Lipinski definition) is 6. The molecule has 0 bridgehead atoms. The summed E-state index contributed by atoms with van der Waals surface area (Å²) in [5, 5.41) is 17.3. The predicted molar refractivity (Wildman–Crippen MR) is 93.3 cm³/mol. The molecule has 3 rings (SSSR count). The van der Waals surface area contributed by atoms with Crippen LogP contribution in [0.3, 0.4) is 0 Å². The van der Waals surface area contributed by atoms with Crippen LogP contribution in [0, 0.1) is 0 Å². The van der Waals surface area contributed by atoms with E-state index < -0.39 is 0 Å². The smallest absolute Gasteiger partial charge is 0.322 e. The molecule has 2 amide bonds. The highest BCUT2D eigenvalue weighted by Gasteiger charge is 2.22. The topological polar surface area (TPSA) is 73.4 Å². The van der Waals surface area contributed by atoms with Gasteiger partial charge in [0.2, 0.25) is 0 Å². The van der Waals surface area contributed by atoms with E-state index in [4.69, 9.17) is 0 Å². The molecule has 0 atom stereocenters. The first kappa shape index (κ1) is 15.5. The molecule has 1 aliphatic rings. The molecule has 3 heterocycles. The first-order chi connectivity index (χ1) is 11.3. The molecule has 23 heavy (non-hydrogen) atoms. The van der Waals surface area contributed by atoms with Gasteiger partial charge in [0.05, 0.1) is 5.00 Å². The average molecular weight is 332 g/mol. The molecule has 1 aliphatic heterocycles. The van der Waals surface area contributed by atoms with E-state index in [0.29, 0.717) is 13.1 Å². The zero-order valence-corrected chi connectivity index (χ0v) is 13.8. The fourth-order valence-corrected chi connectivity index (χ4v) is 3.05. The molecule has 2 aromatic heterocycles. The van der Waals surface area contributed by atoms with Gasteiger partial charge in [0.1, 0.15) is 5.82 Å². The van der Waals surface area contributed by atoms with Crippen LogP contribution in [0.1, 0.15) is 6.92 Å². The predicted octanol–water partition coefficient (Wildman–Crippen LogP) is 2.32. The number of nitrogens with zero attached hydrogens (tertiary/aromatic N) is 4. The second kappa shape index (κ2) is 7.28. The molecule has 7 nitrogen and oxygen atoms in total. The maximum absolute atomic E-state index is 12.2. The molecule has 0 radical (unpaired) electrons. The van der Waals surface area contributed by atoms with E-state index in [1.165, 1.54) is 11.3 Å². The van der Waals surface area contributed by atoms with E-state index in [1.54, 1.807) is 0 Å². The first-order valence-electron chi connectivity index (χ1n) is 7.68. The number of rotatable bonds is 4. The van der Waals surface area contributed by atoms with E-state index in [-0.39, 0.29) is 6.03 Å². The normalized spacial score (nSPS) is 14.7. The van der Waals surface area contributed by atoms with E-state index in [1.807, 2.05) is 41.5 Å². The fraction of sp³-hybridized carbons (Fsp3) is 0.400. The van der Waals surface area contributed by atoms with Gasteiger partial charge in [0.25, 0.3) is 0 Å². The highest BCUT2D eigenvalue weighted by molar-refractivity contribution is 7.14. The second-order valence-corrected chi connectivity index (χ2v) is 6.14. The number of carbonyl (C=O) groups excluding carboxylic acids is 1. The van der Waals surface area contributed by atoms with Crippen LogP contribution >= 0.6 is 11.3 Å². The van der Waals surface area contributed by atoms with E-state index in [0.717, 1.165) is 36.3 Å². The van der Waals surface area contributed by atoms with Gasteiger partial charge in [0, 0.05) is 32.7 Å². The highest BCUT2D eigenvalue weighted by atomic mass is 32.1. The van der Waals surface area contributed by atoms with Gasteiger partial charge in [-0.15, -0.1) is 21.5 Å². The number of hydrogen-bond donors (Lipinski definition) is 2. The lowest BCUT2D eigenvalue weighted by Crippen LogP contribution is -2.50. The zero-order valence-electron chi connectivity index (χ0n) is 13.0. The molecule has 122 valence electrons. The summed E-state index contributed by atoms with van der Waals surface area (Å²) in [6, 6.07) is 7.68. The van der Waals surface area contributed by atoms with Gasteiger partial charge in [-0.2, -0.15) is 0 Å². The number of carbonyl (C=O) groups is 1. The number of amides is 2. The van der Waals surface area contributed by atoms with Crippen LogP contribution in [0.5, 0.6) is 0 Å². The third kappa shape index (κ3) is 3.89. The molecule has 2 aromatic rings. The number of nitrogens with one attached hydrogen (secondary N) is 2. The maximum Gasteiger partial charge on any atom is 0.322 e. The van der Waals surface area contributed by atoms with Gasteiger partial charge in [0.15, 0.2) is 5.82 Å². The second-order valence-electron chi connectivity index (χ2n) is 5.19. The molecule has 1 saturated heterocycles. The van der Waals surface area contributed by atoms with Crippen LogP contribution < -0.4 is 15.5 Å². The van der Waals surface area contributed by atoms with Crippen LogP contribution in [0.25, 0.3) is 0 Å². The van der Waals surface area contributed by atoms with E-state index >= 15 is 0 Å². The summed E-state index contributed by atoms with van der Waals surface area (Å²) < 4.78 is 0. The molecule has 2 N–H and O–H groups in total. The Morgan fingerprint density at radius 1 is 1.22 bits per heavy atom. The summed E-state index contributed by atoms with van der Waals surface area (Å²) in [6.45, 7) is 5.71. The van der Waals surface area contributed by atoms with Crippen molar-refractivity contribution in [3.8, 4) is 0 Å². The van der Waals surface area contributed by atoms with Crippen molar-refractivity contribution in [3.63, 3.8) is 0 Å². The van der Waals surface area contributed by atoms with Crippen LogP contribution in [0.2, 0.25) is 0 Å². The van der Waals surface area contributed by atoms with Gasteiger partial charge in [-0.05, 0) is 36.6 Å². The lowest BCUT2D eigenvalue weighted by molar-refractivity contribution is 0.208. The standard InChI is InChI=1S/C15H20N6OS/c1-2-16-12-5-6-13(19-18-12)20-7-9-21(10-8-20)15(22)17-14-4-3-11-23-14/h3-6,11H,2,7-10H2,1H3,(H,16,18)(H,17,22). The monoisotopic (exact) mass is 332 g/mol. The Bertz CT molecular complexity index is 622. The molecular formula is C15H20N6OS. The highest BCUT2D eigenvalue weighted by Crippen LogP contribution is 2.17. The van der Waals surface area contributed by atoms with Gasteiger partial charge in [-0.3, -0.25) is 5.32 Å². The average Bonchev–Trinajstić information content (AvgIpc) is 3.09. The number of aromatic nitrogens is 2. The zero-order chi connectivity index (χ0) is 16.1. The van der Waals surface area contributed by atoms with Gasteiger partial charge in [-0.25, -0.2) is 4.79 Å². The summed E-state index contributed by atoms with van der Waals surface area (Å²) in [6.07, 6.45) is 0. The molecule has 1 fully saturated rings. The lowest BCUT2D eigenvalue weighted by atomic mass is 10.3. The van der Waals surface area contributed by atoms with E-state index in [2.05, 4.69) is 25.7 Å². The van der Waals surface area contributed by atoms with E-state index in [9.17, 15) is 4.79 Å². The third-order valence-corrected chi connectivity index (χ3v) is 4.44. The Morgan fingerprint density at radius 2 is 2.04 bits per heavy atom. The maximum atomic E-state index is 12.2. The lowest BCUT2D eigenvalue weighted by Gasteiger charge is -2.35. The Morgan fingerprint density at radius 3 is 2.65 bits per heavy atom. The summed E-state index contributed by atoms with van der Waals surface area (Å²) in [5.74, 6) is 1.63. The van der Waals surface area contributed by atoms with Crippen molar-refractivity contribution in [2.45, 2.75) is 6.92 Å². The number of piperazine rings is 1. The summed E-state index contributed by atoms with van der Waals surface area (Å²) in [4.78, 5) is 16.2. The van der Waals surface area contributed by atoms with Crippen molar-refractivity contribution in [2.24, 2.45) is 0 Å². The van der Waals surface area contributed by atoms with Gasteiger partial charge < -0.3 is 15.1 Å². The van der Waals surface area contributed by atoms with Crippen LogP contribution in [0.4, 0.5) is 21.4 Å². The Labute approximate surface area is 139 Å². The summed E-state index contributed by atoms with van der Waals surface area (Å²) >= 11 is 1.52. The largest absolute Gasteiger partial charge is 0.369 e. The van der Waals surface area contributed by atoms with Crippen LogP contribution in [-0.2, 0) is 0 Å². The van der Waals surface area contributed by atoms with Crippen molar-refractivity contribution in [1.29, 1.82) is 0 Å². The third-order valence-electron chi connectivity index (χ3n) is 3.65. The Hall–Kier alpha value is -2.35. The van der Waals surface area contributed by atoms with Crippen molar-refractivity contribution in [2.75, 3.05) is 48.3 Å². The number of thiophene rings is 1. The minimum atomic E-state index is -0.0410.